The molecule has 0 aliphatic heterocycles. The minimum Gasteiger partial charge on any atom is -0.357 e. The van der Waals surface area contributed by atoms with Gasteiger partial charge in [-0.15, -0.1) is 0 Å². The zero-order chi connectivity index (χ0) is 18.2. The van der Waals surface area contributed by atoms with Gasteiger partial charge in [-0.05, 0) is 36.6 Å². The Bertz CT molecular complexity index is 711. The minimum atomic E-state index is -0.829. The Kier molecular flexibility index (Phi) is 6.91. The van der Waals surface area contributed by atoms with Gasteiger partial charge in [0, 0.05) is 38.8 Å². The normalized spacial score (nSPS) is 12.9. The lowest BCUT2D eigenvalue weighted by Crippen LogP contribution is -2.38. The highest BCUT2D eigenvalue weighted by molar-refractivity contribution is 5.79. The molecule has 0 saturated heterocycles. The van der Waals surface area contributed by atoms with Crippen LogP contribution < -0.4 is 10.6 Å². The Hall–Kier alpha value is -2.44. The lowest BCUT2D eigenvalue weighted by Gasteiger charge is -2.14. The number of guanidine groups is 1. The second-order valence-corrected chi connectivity index (χ2v) is 5.99. The monoisotopic (exact) mass is 349 g/mol. The summed E-state index contributed by atoms with van der Waals surface area (Å²) in [5, 5.41) is 10.6. The molecule has 2 N–H and O–H groups in total. The smallest absolute Gasteiger partial charge is 0.191 e. The van der Waals surface area contributed by atoms with E-state index in [1.165, 1.54) is 6.07 Å². The third-order valence-electron chi connectivity index (χ3n) is 3.84. The summed E-state index contributed by atoms with van der Waals surface area (Å²) >= 11 is 0. The van der Waals surface area contributed by atoms with E-state index in [1.54, 1.807) is 10.7 Å². The van der Waals surface area contributed by atoms with E-state index in [0.29, 0.717) is 12.5 Å². The van der Waals surface area contributed by atoms with Gasteiger partial charge in [0.15, 0.2) is 17.6 Å². The van der Waals surface area contributed by atoms with Crippen molar-refractivity contribution in [3.63, 3.8) is 0 Å². The number of rotatable bonds is 7. The van der Waals surface area contributed by atoms with Gasteiger partial charge >= 0.3 is 0 Å². The Labute approximate surface area is 147 Å². The maximum absolute atomic E-state index is 13.3. The topological polar surface area (TPSA) is 54.2 Å². The van der Waals surface area contributed by atoms with Crippen molar-refractivity contribution in [2.24, 2.45) is 12.0 Å². The predicted molar refractivity (Wildman–Crippen MR) is 95.7 cm³/mol. The van der Waals surface area contributed by atoms with Crippen LogP contribution in [0, 0.1) is 11.6 Å². The van der Waals surface area contributed by atoms with Crippen molar-refractivity contribution in [1.29, 1.82) is 0 Å². The number of hydrogen-bond acceptors (Lipinski definition) is 2. The van der Waals surface area contributed by atoms with Gasteiger partial charge in [-0.1, -0.05) is 13.0 Å². The highest BCUT2D eigenvalue weighted by Gasteiger charge is 2.09. The fourth-order valence-electron chi connectivity index (χ4n) is 2.42. The zero-order valence-corrected chi connectivity index (χ0v) is 14.9. The first-order valence-corrected chi connectivity index (χ1v) is 8.44. The van der Waals surface area contributed by atoms with Crippen LogP contribution >= 0.6 is 0 Å². The lowest BCUT2D eigenvalue weighted by molar-refractivity contribution is 0.505. The summed E-state index contributed by atoms with van der Waals surface area (Å²) in [5.74, 6) is -0.954. The molecule has 2 rings (SSSR count). The summed E-state index contributed by atoms with van der Waals surface area (Å²) in [7, 11) is 1.89. The van der Waals surface area contributed by atoms with Gasteiger partial charge in [-0.3, -0.25) is 9.67 Å². The molecule has 0 radical (unpaired) electrons. The number of aliphatic imine (C=N–C) groups is 1. The number of halogens is 2. The number of nitrogens with one attached hydrogen (secondary N) is 2. The fourth-order valence-corrected chi connectivity index (χ4v) is 2.42. The maximum Gasteiger partial charge on any atom is 0.191 e. The standard InChI is InChI=1S/C18H25F2N5/c1-4-21-18(22-8-7-14-11-24-25(3)12-14)23-10-13(2)15-5-6-16(19)17(20)9-15/h5-6,9,11-13H,4,7-8,10H2,1-3H3,(H2,21,22,23)/t13-/m1/s1. The van der Waals surface area contributed by atoms with E-state index < -0.39 is 11.6 Å². The van der Waals surface area contributed by atoms with E-state index in [4.69, 9.17) is 0 Å². The van der Waals surface area contributed by atoms with Crippen LogP contribution in [0.15, 0.2) is 35.6 Å². The molecule has 136 valence electrons. The van der Waals surface area contributed by atoms with Gasteiger partial charge in [-0.2, -0.15) is 5.10 Å². The van der Waals surface area contributed by atoms with Gasteiger partial charge in [0.1, 0.15) is 0 Å². The van der Waals surface area contributed by atoms with E-state index in [1.807, 2.05) is 33.3 Å². The Morgan fingerprint density at radius 3 is 2.72 bits per heavy atom. The van der Waals surface area contributed by atoms with Crippen LogP contribution in [0.4, 0.5) is 8.78 Å². The van der Waals surface area contributed by atoms with Crippen LogP contribution in [-0.4, -0.2) is 35.4 Å². The van der Waals surface area contributed by atoms with E-state index >= 15 is 0 Å². The average molecular weight is 349 g/mol. The second kappa shape index (κ2) is 9.15. The maximum atomic E-state index is 13.3. The molecule has 25 heavy (non-hydrogen) atoms. The van der Waals surface area contributed by atoms with Crippen molar-refractivity contribution in [2.45, 2.75) is 26.2 Å². The first kappa shape index (κ1) is 18.9. The van der Waals surface area contributed by atoms with Crippen molar-refractivity contribution >= 4 is 5.96 Å². The summed E-state index contributed by atoms with van der Waals surface area (Å²) < 4.78 is 28.2. The molecule has 1 heterocycles. The Morgan fingerprint density at radius 2 is 2.08 bits per heavy atom. The third-order valence-corrected chi connectivity index (χ3v) is 3.84. The molecule has 1 aromatic carbocycles. The zero-order valence-electron chi connectivity index (χ0n) is 14.9. The van der Waals surface area contributed by atoms with Crippen molar-refractivity contribution in [1.82, 2.24) is 20.4 Å². The van der Waals surface area contributed by atoms with Gasteiger partial charge in [0.2, 0.25) is 0 Å². The molecule has 0 fully saturated rings. The summed E-state index contributed by atoms with van der Waals surface area (Å²) in [6.07, 6.45) is 4.67. The summed E-state index contributed by atoms with van der Waals surface area (Å²) in [6, 6.07) is 3.99. The molecule has 1 aromatic heterocycles. The van der Waals surface area contributed by atoms with Gasteiger partial charge in [-0.25, -0.2) is 8.78 Å². The first-order chi connectivity index (χ1) is 12.0. The van der Waals surface area contributed by atoms with Crippen LogP contribution in [0.2, 0.25) is 0 Å². The predicted octanol–water partition coefficient (Wildman–Crippen LogP) is 2.60. The first-order valence-electron chi connectivity index (χ1n) is 8.44. The van der Waals surface area contributed by atoms with E-state index in [0.717, 1.165) is 36.7 Å². The van der Waals surface area contributed by atoms with Gasteiger partial charge < -0.3 is 10.6 Å². The van der Waals surface area contributed by atoms with Crippen molar-refractivity contribution in [3.05, 3.63) is 53.4 Å². The van der Waals surface area contributed by atoms with E-state index in [2.05, 4.69) is 20.7 Å². The number of hydrogen-bond donors (Lipinski definition) is 2. The average Bonchev–Trinajstić information content (AvgIpc) is 3.00. The van der Waals surface area contributed by atoms with E-state index in [-0.39, 0.29) is 5.92 Å². The largest absolute Gasteiger partial charge is 0.357 e. The van der Waals surface area contributed by atoms with Crippen molar-refractivity contribution in [3.8, 4) is 0 Å². The number of aryl methyl sites for hydroxylation is 1. The number of benzene rings is 1. The molecule has 0 aliphatic carbocycles. The highest BCUT2D eigenvalue weighted by Crippen LogP contribution is 2.18. The number of nitrogens with zero attached hydrogens (tertiary/aromatic N) is 3. The van der Waals surface area contributed by atoms with Crippen LogP contribution in [0.1, 0.15) is 30.9 Å². The second-order valence-electron chi connectivity index (χ2n) is 5.99. The molecular formula is C18H25F2N5. The number of aromatic nitrogens is 2. The van der Waals surface area contributed by atoms with Gasteiger partial charge in [0.05, 0.1) is 6.20 Å². The third kappa shape index (κ3) is 5.85. The van der Waals surface area contributed by atoms with E-state index in [9.17, 15) is 8.78 Å². The van der Waals surface area contributed by atoms with Crippen molar-refractivity contribution < 1.29 is 8.78 Å². The van der Waals surface area contributed by atoms with Crippen LogP contribution in [-0.2, 0) is 13.5 Å². The molecule has 2 aromatic rings. The molecule has 0 spiro atoms. The highest BCUT2D eigenvalue weighted by atomic mass is 19.2. The Balaban J connectivity index is 1.90. The molecule has 0 aliphatic rings. The molecule has 7 heteroatoms. The van der Waals surface area contributed by atoms with Crippen LogP contribution in [0.25, 0.3) is 0 Å². The lowest BCUT2D eigenvalue weighted by atomic mass is 10.0. The Morgan fingerprint density at radius 1 is 1.28 bits per heavy atom. The molecule has 1 atom stereocenters. The quantitative estimate of drug-likeness (QED) is 0.597. The SMILES string of the molecule is CCNC(=NC[C@@H](C)c1ccc(F)c(F)c1)NCCc1cnn(C)c1. The summed E-state index contributed by atoms with van der Waals surface area (Å²) in [6.45, 7) is 5.90. The molecule has 0 saturated carbocycles. The van der Waals surface area contributed by atoms with Crippen molar-refractivity contribution in [2.75, 3.05) is 19.6 Å². The van der Waals surface area contributed by atoms with Crippen LogP contribution in [0.5, 0.6) is 0 Å². The summed E-state index contributed by atoms with van der Waals surface area (Å²) in [4.78, 5) is 4.54. The molecular weight excluding hydrogens is 324 g/mol. The molecule has 0 amide bonds. The molecule has 0 unspecified atom stereocenters. The fraction of sp³-hybridized carbons (Fsp3) is 0.444. The van der Waals surface area contributed by atoms with Gasteiger partial charge in [0.25, 0.3) is 0 Å². The molecule has 5 nitrogen and oxygen atoms in total. The van der Waals surface area contributed by atoms with Crippen LogP contribution in [0.3, 0.4) is 0 Å². The summed E-state index contributed by atoms with van der Waals surface area (Å²) in [5.41, 5.74) is 1.88. The molecule has 0 bridgehead atoms. The minimum absolute atomic E-state index is 0.0103.